The number of ether oxygens (including phenoxy) is 1. The number of methoxy groups -OCH3 is 1. The van der Waals surface area contributed by atoms with Crippen LogP contribution in [0.5, 0.6) is 5.75 Å². The molecule has 1 unspecified atom stereocenters. The fraction of sp³-hybridized carbons (Fsp3) is 0.333. The molecule has 2 rings (SSSR count). The van der Waals surface area contributed by atoms with E-state index in [9.17, 15) is 0 Å². The van der Waals surface area contributed by atoms with Gasteiger partial charge in [0.1, 0.15) is 5.75 Å². The number of rotatable bonds is 8. The molecule has 0 heterocycles. The molecule has 0 aliphatic heterocycles. The SMILES string of the molecule is COc1ccccc1CC(CCCc1ccccc1)NN. The van der Waals surface area contributed by atoms with Crippen molar-refractivity contribution in [2.24, 2.45) is 5.84 Å². The van der Waals surface area contributed by atoms with Gasteiger partial charge in [-0.05, 0) is 42.9 Å². The highest BCUT2D eigenvalue weighted by Gasteiger charge is 2.10. The molecule has 21 heavy (non-hydrogen) atoms. The third-order valence-electron chi connectivity index (χ3n) is 3.76. The minimum absolute atomic E-state index is 0.269. The molecule has 0 fully saturated rings. The molecule has 3 N–H and O–H groups in total. The highest BCUT2D eigenvalue weighted by molar-refractivity contribution is 5.33. The molecule has 0 spiro atoms. The lowest BCUT2D eigenvalue weighted by Crippen LogP contribution is -2.36. The average molecular weight is 284 g/mol. The first-order chi connectivity index (χ1) is 10.3. The Morgan fingerprint density at radius 1 is 1.05 bits per heavy atom. The standard InChI is InChI=1S/C18H24N2O/c1-21-18-13-6-5-11-16(18)14-17(20-19)12-7-10-15-8-3-2-4-9-15/h2-6,8-9,11,13,17,20H,7,10,12,14,19H2,1H3. The Morgan fingerprint density at radius 3 is 2.48 bits per heavy atom. The fourth-order valence-electron chi connectivity index (χ4n) is 2.58. The van der Waals surface area contributed by atoms with Crippen molar-refractivity contribution in [2.75, 3.05) is 7.11 Å². The van der Waals surface area contributed by atoms with E-state index >= 15 is 0 Å². The van der Waals surface area contributed by atoms with Crippen LogP contribution in [-0.2, 0) is 12.8 Å². The Balaban J connectivity index is 1.85. The number of para-hydroxylation sites is 1. The van der Waals surface area contributed by atoms with Crippen molar-refractivity contribution in [1.82, 2.24) is 5.43 Å². The normalized spacial score (nSPS) is 12.1. The van der Waals surface area contributed by atoms with Crippen molar-refractivity contribution in [2.45, 2.75) is 31.7 Å². The van der Waals surface area contributed by atoms with E-state index < -0.39 is 0 Å². The molecule has 1 atom stereocenters. The Hall–Kier alpha value is -1.84. The summed E-state index contributed by atoms with van der Waals surface area (Å²) in [6.07, 6.45) is 4.14. The van der Waals surface area contributed by atoms with Crippen LogP contribution < -0.4 is 16.0 Å². The summed E-state index contributed by atoms with van der Waals surface area (Å²) >= 11 is 0. The number of hydrogen-bond acceptors (Lipinski definition) is 3. The van der Waals surface area contributed by atoms with Gasteiger partial charge in [-0.1, -0.05) is 48.5 Å². The summed E-state index contributed by atoms with van der Waals surface area (Å²) in [4.78, 5) is 0. The van der Waals surface area contributed by atoms with E-state index in [4.69, 9.17) is 10.6 Å². The zero-order valence-corrected chi connectivity index (χ0v) is 12.6. The zero-order chi connectivity index (χ0) is 14.9. The molecule has 0 aliphatic carbocycles. The van der Waals surface area contributed by atoms with Gasteiger partial charge in [-0.2, -0.15) is 0 Å². The molecule has 112 valence electrons. The molecule has 0 saturated heterocycles. The van der Waals surface area contributed by atoms with E-state index in [1.54, 1.807) is 7.11 Å². The average Bonchev–Trinajstić information content (AvgIpc) is 2.55. The number of hydrazine groups is 1. The summed E-state index contributed by atoms with van der Waals surface area (Å²) in [7, 11) is 1.71. The molecule has 3 nitrogen and oxygen atoms in total. The van der Waals surface area contributed by atoms with Crippen LogP contribution in [0.4, 0.5) is 0 Å². The predicted molar refractivity (Wildman–Crippen MR) is 87.2 cm³/mol. The number of aryl methyl sites for hydroxylation is 1. The van der Waals surface area contributed by atoms with Gasteiger partial charge < -0.3 is 4.74 Å². The van der Waals surface area contributed by atoms with Gasteiger partial charge in [-0.15, -0.1) is 0 Å². The van der Waals surface area contributed by atoms with Gasteiger partial charge in [0.25, 0.3) is 0 Å². The molecule has 0 aliphatic rings. The molecule has 2 aromatic rings. The van der Waals surface area contributed by atoms with Crippen molar-refractivity contribution in [1.29, 1.82) is 0 Å². The van der Waals surface area contributed by atoms with E-state index in [1.807, 2.05) is 18.2 Å². The maximum atomic E-state index is 5.70. The van der Waals surface area contributed by atoms with Crippen LogP contribution in [0, 0.1) is 0 Å². The van der Waals surface area contributed by atoms with Crippen molar-refractivity contribution < 1.29 is 4.74 Å². The van der Waals surface area contributed by atoms with Crippen LogP contribution in [0.25, 0.3) is 0 Å². The first-order valence-corrected chi connectivity index (χ1v) is 7.45. The third kappa shape index (κ3) is 4.88. The van der Waals surface area contributed by atoms with Gasteiger partial charge >= 0.3 is 0 Å². The first-order valence-electron chi connectivity index (χ1n) is 7.45. The van der Waals surface area contributed by atoms with Crippen LogP contribution in [-0.4, -0.2) is 13.2 Å². The number of nitrogens with one attached hydrogen (secondary N) is 1. The smallest absolute Gasteiger partial charge is 0.122 e. The Kier molecular flexibility index (Phi) is 6.25. The molecule has 0 bridgehead atoms. The Bertz CT molecular complexity index is 528. The van der Waals surface area contributed by atoms with Crippen molar-refractivity contribution in [3.05, 3.63) is 65.7 Å². The monoisotopic (exact) mass is 284 g/mol. The fourth-order valence-corrected chi connectivity index (χ4v) is 2.58. The minimum Gasteiger partial charge on any atom is -0.496 e. The van der Waals surface area contributed by atoms with E-state index in [-0.39, 0.29) is 6.04 Å². The molecule has 0 aromatic heterocycles. The second-order valence-corrected chi connectivity index (χ2v) is 5.26. The van der Waals surface area contributed by atoms with Gasteiger partial charge in [0.05, 0.1) is 7.11 Å². The van der Waals surface area contributed by atoms with Crippen LogP contribution in [0.1, 0.15) is 24.0 Å². The summed E-state index contributed by atoms with van der Waals surface area (Å²) in [5, 5.41) is 0. The lowest BCUT2D eigenvalue weighted by molar-refractivity contribution is 0.402. The van der Waals surface area contributed by atoms with E-state index in [2.05, 4.69) is 41.8 Å². The maximum absolute atomic E-state index is 5.70. The van der Waals surface area contributed by atoms with Crippen molar-refractivity contribution in [3.8, 4) is 5.75 Å². The quantitative estimate of drug-likeness (QED) is 0.578. The molecule has 0 saturated carbocycles. The van der Waals surface area contributed by atoms with Crippen LogP contribution in [0.3, 0.4) is 0 Å². The summed E-state index contributed by atoms with van der Waals surface area (Å²) in [6, 6.07) is 19.0. The second-order valence-electron chi connectivity index (χ2n) is 5.26. The first kappa shape index (κ1) is 15.5. The van der Waals surface area contributed by atoms with Gasteiger partial charge in [0, 0.05) is 6.04 Å². The summed E-state index contributed by atoms with van der Waals surface area (Å²) in [5.74, 6) is 6.63. The number of nitrogens with two attached hydrogens (primary N) is 1. The zero-order valence-electron chi connectivity index (χ0n) is 12.6. The minimum atomic E-state index is 0.269. The molecular weight excluding hydrogens is 260 g/mol. The molecule has 3 heteroatoms. The highest BCUT2D eigenvalue weighted by Crippen LogP contribution is 2.20. The van der Waals surface area contributed by atoms with Gasteiger partial charge in [0.15, 0.2) is 0 Å². The third-order valence-corrected chi connectivity index (χ3v) is 3.76. The molecule has 0 amide bonds. The van der Waals surface area contributed by atoms with Crippen molar-refractivity contribution in [3.63, 3.8) is 0 Å². The largest absolute Gasteiger partial charge is 0.496 e. The number of hydrogen-bond donors (Lipinski definition) is 2. The summed E-state index contributed by atoms with van der Waals surface area (Å²) < 4.78 is 5.40. The van der Waals surface area contributed by atoms with Gasteiger partial charge in [-0.25, -0.2) is 0 Å². The van der Waals surface area contributed by atoms with Gasteiger partial charge in [-0.3, -0.25) is 11.3 Å². The second kappa shape index (κ2) is 8.45. The van der Waals surface area contributed by atoms with Crippen LogP contribution in [0.15, 0.2) is 54.6 Å². The topological polar surface area (TPSA) is 47.3 Å². The van der Waals surface area contributed by atoms with Crippen LogP contribution >= 0.6 is 0 Å². The lowest BCUT2D eigenvalue weighted by atomic mass is 9.99. The van der Waals surface area contributed by atoms with E-state index in [1.165, 1.54) is 11.1 Å². The van der Waals surface area contributed by atoms with Gasteiger partial charge in [0.2, 0.25) is 0 Å². The molecule has 2 aromatic carbocycles. The van der Waals surface area contributed by atoms with Crippen molar-refractivity contribution >= 4 is 0 Å². The Morgan fingerprint density at radius 2 is 1.76 bits per heavy atom. The summed E-state index contributed by atoms with van der Waals surface area (Å²) in [5.41, 5.74) is 5.51. The summed E-state index contributed by atoms with van der Waals surface area (Å²) in [6.45, 7) is 0. The lowest BCUT2D eigenvalue weighted by Gasteiger charge is -2.17. The van der Waals surface area contributed by atoms with E-state index in [0.717, 1.165) is 31.4 Å². The number of benzene rings is 2. The maximum Gasteiger partial charge on any atom is 0.122 e. The highest BCUT2D eigenvalue weighted by atomic mass is 16.5. The van der Waals surface area contributed by atoms with E-state index in [0.29, 0.717) is 0 Å². The molecule has 0 radical (unpaired) electrons. The van der Waals surface area contributed by atoms with Crippen LogP contribution in [0.2, 0.25) is 0 Å². The predicted octanol–water partition coefficient (Wildman–Crippen LogP) is 3.09. The molecular formula is C18H24N2O. The Labute approximate surface area is 127 Å².